The van der Waals surface area contributed by atoms with E-state index in [9.17, 15) is 14.9 Å². The molecule has 0 aliphatic heterocycles. The Kier molecular flexibility index (Phi) is 5.55. The minimum atomic E-state index is -0.554. The molecule has 0 aliphatic rings. The van der Waals surface area contributed by atoms with E-state index >= 15 is 0 Å². The third kappa shape index (κ3) is 4.13. The molecule has 1 N–H and O–H groups in total. The van der Waals surface area contributed by atoms with Gasteiger partial charge in [-0.2, -0.15) is 9.78 Å². The van der Waals surface area contributed by atoms with Gasteiger partial charge in [0.1, 0.15) is 5.82 Å². The number of nitrogens with one attached hydrogen (secondary N) is 1. The van der Waals surface area contributed by atoms with Crippen LogP contribution in [-0.2, 0) is 4.79 Å². The van der Waals surface area contributed by atoms with Gasteiger partial charge in [-0.1, -0.05) is 30.3 Å². The minimum absolute atomic E-state index is 0.0274. The topological polar surface area (TPSA) is 112 Å². The van der Waals surface area contributed by atoms with Crippen molar-refractivity contribution in [1.82, 2.24) is 14.8 Å². The monoisotopic (exact) mass is 431 g/mol. The summed E-state index contributed by atoms with van der Waals surface area (Å²) in [6, 6.07) is 15.6. The van der Waals surface area contributed by atoms with E-state index in [1.54, 1.807) is 16.8 Å². The molecule has 2 aromatic carbocycles. The summed E-state index contributed by atoms with van der Waals surface area (Å²) in [6.07, 6.45) is 0. The Bertz CT molecular complexity index is 1350. The van der Waals surface area contributed by atoms with Crippen molar-refractivity contribution >= 4 is 28.3 Å². The Balaban J connectivity index is 1.58. The summed E-state index contributed by atoms with van der Waals surface area (Å²) in [7, 11) is 0. The number of hydrogen-bond donors (Lipinski definition) is 1. The van der Waals surface area contributed by atoms with Gasteiger partial charge in [-0.25, -0.2) is 4.98 Å². The van der Waals surface area contributed by atoms with Gasteiger partial charge in [-0.15, -0.1) is 0 Å². The van der Waals surface area contributed by atoms with Gasteiger partial charge < -0.3 is 10.1 Å². The second kappa shape index (κ2) is 8.46. The average molecular weight is 431 g/mol. The lowest BCUT2D eigenvalue weighted by Gasteiger charge is -2.12. The lowest BCUT2D eigenvalue weighted by molar-refractivity contribution is -0.385. The summed E-state index contributed by atoms with van der Waals surface area (Å²) in [5.74, 6) is 0.559. The van der Waals surface area contributed by atoms with Crippen LogP contribution in [0.15, 0.2) is 54.6 Å². The number of ether oxygens (including phenoxy) is 1. The lowest BCUT2D eigenvalue weighted by atomic mass is 10.1. The van der Waals surface area contributed by atoms with Crippen LogP contribution in [0.25, 0.3) is 16.7 Å². The molecule has 162 valence electrons. The maximum absolute atomic E-state index is 12.5. The van der Waals surface area contributed by atoms with Crippen molar-refractivity contribution in [2.45, 2.75) is 20.8 Å². The quantitative estimate of drug-likeness (QED) is 0.360. The fourth-order valence-electron chi connectivity index (χ4n) is 3.47. The van der Waals surface area contributed by atoms with Gasteiger partial charge in [0.05, 0.1) is 16.1 Å². The number of carbonyl (C=O) groups excluding carboxylic acids is 1. The van der Waals surface area contributed by atoms with E-state index in [-0.39, 0.29) is 11.4 Å². The molecule has 0 spiro atoms. The summed E-state index contributed by atoms with van der Waals surface area (Å²) >= 11 is 0. The van der Waals surface area contributed by atoms with E-state index in [0.29, 0.717) is 17.3 Å². The number of pyridine rings is 1. The number of amides is 1. The Labute approximate surface area is 183 Å². The first-order chi connectivity index (χ1) is 15.3. The molecule has 0 fully saturated rings. The van der Waals surface area contributed by atoms with Gasteiger partial charge in [-0.3, -0.25) is 14.9 Å². The molecule has 0 unspecified atom stereocenters. The maximum atomic E-state index is 12.5. The zero-order valence-electron chi connectivity index (χ0n) is 17.8. The predicted octanol–water partition coefficient (Wildman–Crippen LogP) is 4.27. The van der Waals surface area contributed by atoms with Crippen LogP contribution in [0.2, 0.25) is 0 Å². The summed E-state index contributed by atoms with van der Waals surface area (Å²) in [4.78, 5) is 27.8. The molecule has 32 heavy (non-hydrogen) atoms. The Hall–Kier alpha value is -4.27. The predicted molar refractivity (Wildman–Crippen MR) is 120 cm³/mol. The number of fused-ring (bicyclic) bond motifs is 1. The molecular formula is C23H21N5O4. The zero-order chi connectivity index (χ0) is 22.8. The fourth-order valence-corrected chi connectivity index (χ4v) is 3.47. The largest absolute Gasteiger partial charge is 0.477 e. The SMILES string of the molecule is Cc1cc(NC(=O)COc2ccccc2[N+](=O)[O-])n(-c2cc(C)c3cccc(C)c3n2)n1. The molecular weight excluding hydrogens is 410 g/mol. The van der Waals surface area contributed by atoms with Crippen LogP contribution >= 0.6 is 0 Å². The normalized spacial score (nSPS) is 10.8. The number of nitro benzene ring substituents is 1. The van der Waals surface area contributed by atoms with Gasteiger partial charge >= 0.3 is 5.69 Å². The number of aryl methyl sites for hydroxylation is 3. The van der Waals surface area contributed by atoms with Crippen LogP contribution in [0.5, 0.6) is 5.75 Å². The molecule has 0 aliphatic carbocycles. The second-order valence-electron chi connectivity index (χ2n) is 7.41. The Morgan fingerprint density at radius 1 is 1.09 bits per heavy atom. The average Bonchev–Trinajstić information content (AvgIpc) is 3.13. The highest BCUT2D eigenvalue weighted by atomic mass is 16.6. The van der Waals surface area contributed by atoms with Crippen molar-refractivity contribution in [2.75, 3.05) is 11.9 Å². The molecule has 4 rings (SSSR count). The Morgan fingerprint density at radius 2 is 1.88 bits per heavy atom. The molecule has 2 aromatic heterocycles. The molecule has 9 heteroatoms. The first-order valence-electron chi connectivity index (χ1n) is 9.93. The summed E-state index contributed by atoms with van der Waals surface area (Å²) in [6.45, 7) is 5.42. The van der Waals surface area contributed by atoms with E-state index in [2.05, 4.69) is 10.4 Å². The number of carbonyl (C=O) groups is 1. The van der Waals surface area contributed by atoms with E-state index in [0.717, 1.165) is 22.0 Å². The highest BCUT2D eigenvalue weighted by Gasteiger charge is 2.17. The summed E-state index contributed by atoms with van der Waals surface area (Å²) in [5, 5.41) is 19.4. The number of hydrogen-bond acceptors (Lipinski definition) is 6. The number of para-hydroxylation sites is 3. The molecule has 9 nitrogen and oxygen atoms in total. The van der Waals surface area contributed by atoms with E-state index in [4.69, 9.17) is 9.72 Å². The van der Waals surface area contributed by atoms with Crippen molar-refractivity contribution < 1.29 is 14.5 Å². The molecule has 0 saturated heterocycles. The molecule has 4 aromatic rings. The summed E-state index contributed by atoms with van der Waals surface area (Å²) in [5.41, 5.74) is 3.45. The Morgan fingerprint density at radius 3 is 2.66 bits per heavy atom. The van der Waals surface area contributed by atoms with Crippen LogP contribution in [-0.4, -0.2) is 32.2 Å². The number of nitrogens with zero attached hydrogens (tertiary/aromatic N) is 4. The fraction of sp³-hybridized carbons (Fsp3) is 0.174. The highest BCUT2D eigenvalue weighted by molar-refractivity contribution is 5.91. The van der Waals surface area contributed by atoms with Crippen LogP contribution in [0.4, 0.5) is 11.5 Å². The molecule has 0 bridgehead atoms. The molecule has 0 atom stereocenters. The van der Waals surface area contributed by atoms with Crippen molar-refractivity contribution in [1.29, 1.82) is 0 Å². The van der Waals surface area contributed by atoms with Crippen molar-refractivity contribution in [3.8, 4) is 11.6 Å². The minimum Gasteiger partial charge on any atom is -0.477 e. The molecule has 1 amide bonds. The number of aromatic nitrogens is 3. The maximum Gasteiger partial charge on any atom is 0.310 e. The van der Waals surface area contributed by atoms with Crippen molar-refractivity contribution in [3.63, 3.8) is 0 Å². The summed E-state index contributed by atoms with van der Waals surface area (Å²) < 4.78 is 6.94. The number of nitro groups is 1. The van der Waals surface area contributed by atoms with Gasteiger partial charge in [0.25, 0.3) is 5.91 Å². The zero-order valence-corrected chi connectivity index (χ0v) is 17.8. The molecule has 0 radical (unpaired) electrons. The van der Waals surface area contributed by atoms with Crippen molar-refractivity contribution in [2.24, 2.45) is 0 Å². The van der Waals surface area contributed by atoms with Crippen LogP contribution in [0.1, 0.15) is 16.8 Å². The van der Waals surface area contributed by atoms with Crippen LogP contribution in [0.3, 0.4) is 0 Å². The van der Waals surface area contributed by atoms with E-state index in [1.807, 2.05) is 45.0 Å². The van der Waals surface area contributed by atoms with Gasteiger partial charge in [0, 0.05) is 17.5 Å². The standard InChI is InChI=1S/C23H21N5O4/c1-14-7-6-8-17-15(2)11-20(25-23(14)17)27-21(12-16(3)26-27)24-22(29)13-32-19-10-5-4-9-18(19)28(30)31/h4-12H,13H2,1-3H3,(H,24,29). The third-order valence-electron chi connectivity index (χ3n) is 4.97. The van der Waals surface area contributed by atoms with Crippen molar-refractivity contribution in [3.05, 3.63) is 81.5 Å². The first kappa shape index (κ1) is 21.0. The van der Waals surface area contributed by atoms with Crippen LogP contribution < -0.4 is 10.1 Å². The highest BCUT2D eigenvalue weighted by Crippen LogP contribution is 2.26. The second-order valence-corrected chi connectivity index (χ2v) is 7.41. The molecule has 0 saturated carbocycles. The number of anilines is 1. The van der Waals surface area contributed by atoms with Gasteiger partial charge in [-0.05, 0) is 44.0 Å². The number of rotatable bonds is 6. The van der Waals surface area contributed by atoms with E-state index < -0.39 is 17.4 Å². The van der Waals surface area contributed by atoms with Crippen LogP contribution in [0, 0.1) is 30.9 Å². The first-order valence-corrected chi connectivity index (χ1v) is 9.93. The van der Waals surface area contributed by atoms with E-state index in [1.165, 1.54) is 18.2 Å². The molecule has 2 heterocycles. The third-order valence-corrected chi connectivity index (χ3v) is 4.97. The van der Waals surface area contributed by atoms with Gasteiger partial charge in [0.2, 0.25) is 0 Å². The number of benzene rings is 2. The lowest BCUT2D eigenvalue weighted by Crippen LogP contribution is -2.22. The smallest absolute Gasteiger partial charge is 0.310 e. The van der Waals surface area contributed by atoms with Gasteiger partial charge in [0.15, 0.2) is 18.2 Å².